The SMILES string of the molecule is COc1cncc(-c2ccnc(Nc3ccc(-[n+]4cnc(Nc5cccc(-c6cc(-c7cccc(OC)n7)nc(Nc7ccccc7)n6)c5)nc4-c4ccnc(O)c4)cc3)n2)c1. The number of hydrogen-bond donors (Lipinski definition) is 4. The van der Waals surface area contributed by atoms with Crippen LogP contribution in [0.1, 0.15) is 0 Å². The topological polar surface area (TPSA) is 195 Å². The average Bonchev–Trinajstić information content (AvgIpc) is 3.32. The van der Waals surface area contributed by atoms with Crippen LogP contribution in [0.3, 0.4) is 0 Å². The first-order chi connectivity index (χ1) is 30.5. The number of rotatable bonds is 13. The van der Waals surface area contributed by atoms with Crippen molar-refractivity contribution >= 4 is 34.9 Å². The van der Waals surface area contributed by atoms with Crippen LogP contribution in [-0.4, -0.2) is 64.2 Å². The molecule has 3 aromatic carbocycles. The van der Waals surface area contributed by atoms with E-state index in [1.807, 2.05) is 114 Å². The Balaban J connectivity index is 1.00. The highest BCUT2D eigenvalue weighted by Gasteiger charge is 2.21. The van der Waals surface area contributed by atoms with Crippen molar-refractivity contribution in [2.75, 3.05) is 30.2 Å². The minimum absolute atomic E-state index is 0.143. The normalized spacial score (nSPS) is 10.8. The summed E-state index contributed by atoms with van der Waals surface area (Å²) >= 11 is 0. The van der Waals surface area contributed by atoms with Gasteiger partial charge in [-0.05, 0) is 83.8 Å². The Bertz CT molecular complexity index is 3010. The van der Waals surface area contributed by atoms with Crippen LogP contribution in [0.2, 0.25) is 0 Å². The summed E-state index contributed by atoms with van der Waals surface area (Å²) in [6, 6.07) is 39.5. The van der Waals surface area contributed by atoms with Crippen LogP contribution in [0.25, 0.3) is 51.0 Å². The molecule has 0 bridgehead atoms. The molecule has 0 radical (unpaired) electrons. The molecule has 0 aliphatic carbocycles. The lowest BCUT2D eigenvalue weighted by Crippen LogP contribution is -2.35. The molecule has 0 saturated carbocycles. The molecule has 0 spiro atoms. The summed E-state index contributed by atoms with van der Waals surface area (Å²) in [5.74, 6) is 2.61. The zero-order valence-electron chi connectivity index (χ0n) is 33.2. The predicted octanol–water partition coefficient (Wildman–Crippen LogP) is 8.14. The number of aromatic hydroxyl groups is 1. The maximum Gasteiger partial charge on any atom is 0.379 e. The molecule has 0 unspecified atom stereocenters. The van der Waals surface area contributed by atoms with E-state index in [0.29, 0.717) is 69.3 Å². The van der Waals surface area contributed by atoms with Crippen molar-refractivity contribution < 1.29 is 19.1 Å². The van der Waals surface area contributed by atoms with Crippen LogP contribution < -0.4 is 30.0 Å². The zero-order valence-corrected chi connectivity index (χ0v) is 33.2. The molecule has 6 heterocycles. The molecule has 9 rings (SSSR count). The molecule has 0 aliphatic rings. The Hall–Kier alpha value is -8.92. The number of benzene rings is 3. The number of ether oxygens (including phenoxy) is 2. The first-order valence-electron chi connectivity index (χ1n) is 19.2. The second-order valence-electron chi connectivity index (χ2n) is 13.6. The van der Waals surface area contributed by atoms with E-state index in [0.717, 1.165) is 28.2 Å². The average molecular weight is 819 g/mol. The Morgan fingerprint density at radius 1 is 0.500 bits per heavy atom. The molecule has 302 valence electrons. The first kappa shape index (κ1) is 38.6. The highest BCUT2D eigenvalue weighted by atomic mass is 16.5. The van der Waals surface area contributed by atoms with Crippen molar-refractivity contribution in [3.05, 3.63) is 159 Å². The van der Waals surface area contributed by atoms with Crippen LogP contribution in [0.4, 0.5) is 34.9 Å². The molecule has 16 heteroatoms. The molecule has 0 fully saturated rings. The van der Waals surface area contributed by atoms with Crippen molar-refractivity contribution in [3.8, 4) is 68.5 Å². The summed E-state index contributed by atoms with van der Waals surface area (Å²) in [7, 11) is 3.17. The largest absolute Gasteiger partial charge is 0.495 e. The van der Waals surface area contributed by atoms with Gasteiger partial charge in [-0.2, -0.15) is 4.57 Å². The molecule has 0 amide bonds. The van der Waals surface area contributed by atoms with Crippen LogP contribution in [-0.2, 0) is 0 Å². The fraction of sp³-hybridized carbons (Fsp3) is 0.0435. The molecule has 62 heavy (non-hydrogen) atoms. The van der Waals surface area contributed by atoms with Gasteiger partial charge < -0.3 is 25.2 Å². The van der Waals surface area contributed by atoms with Gasteiger partial charge in [0.25, 0.3) is 5.82 Å². The summed E-state index contributed by atoms with van der Waals surface area (Å²) in [4.78, 5) is 41.2. The van der Waals surface area contributed by atoms with Crippen molar-refractivity contribution in [1.82, 2.24) is 44.9 Å². The van der Waals surface area contributed by atoms with Gasteiger partial charge in [0.1, 0.15) is 11.4 Å². The molecule has 16 nitrogen and oxygen atoms in total. The van der Waals surface area contributed by atoms with Crippen molar-refractivity contribution in [3.63, 3.8) is 0 Å². The lowest BCUT2D eigenvalue weighted by molar-refractivity contribution is -0.590. The molecule has 9 aromatic rings. The standard InChI is InChI=1S/C46H35N13O3/c1-61-36-23-31(26-47-27-36)37-19-21-49-44(55-37)51-33-14-16-35(17-15-33)59-28-50-45(58-43(59)30-18-20-48-41(60)24-30)53-34-11-6-8-29(22-34)39-25-40(38-12-7-13-42(54-38)62-2)57-46(56-39)52-32-9-4-3-5-10-32/h3-28H,1-2H3,(H3,48,49,51,52,55,56,57,60)/p+1. The van der Waals surface area contributed by atoms with Gasteiger partial charge in [-0.3, -0.25) is 10.3 Å². The van der Waals surface area contributed by atoms with Gasteiger partial charge in [-0.25, -0.2) is 29.9 Å². The summed E-state index contributed by atoms with van der Waals surface area (Å²) in [5, 5.41) is 20.3. The third kappa shape index (κ3) is 8.88. The predicted molar refractivity (Wildman–Crippen MR) is 234 cm³/mol. The third-order valence-electron chi connectivity index (χ3n) is 9.41. The van der Waals surface area contributed by atoms with E-state index in [2.05, 4.69) is 40.9 Å². The summed E-state index contributed by atoms with van der Waals surface area (Å²) in [5.41, 5.74) is 7.91. The number of aromatic nitrogens is 10. The molecule has 0 atom stereocenters. The third-order valence-corrected chi connectivity index (χ3v) is 9.41. The zero-order chi connectivity index (χ0) is 42.3. The smallest absolute Gasteiger partial charge is 0.379 e. The van der Waals surface area contributed by atoms with Crippen molar-refractivity contribution in [2.45, 2.75) is 0 Å². The number of para-hydroxylation sites is 1. The lowest BCUT2D eigenvalue weighted by Gasteiger charge is -2.12. The molecule has 0 saturated heterocycles. The van der Waals surface area contributed by atoms with Crippen LogP contribution in [0.5, 0.6) is 17.5 Å². The number of nitrogens with zero attached hydrogens (tertiary/aromatic N) is 10. The van der Waals surface area contributed by atoms with E-state index in [1.54, 1.807) is 57.3 Å². The minimum Gasteiger partial charge on any atom is -0.495 e. The number of nitrogens with one attached hydrogen (secondary N) is 3. The van der Waals surface area contributed by atoms with Gasteiger partial charge in [0.05, 0.1) is 48.8 Å². The first-order valence-corrected chi connectivity index (χ1v) is 19.2. The minimum atomic E-state index is -0.143. The Labute approximate surface area is 355 Å². The number of pyridine rings is 3. The fourth-order valence-electron chi connectivity index (χ4n) is 6.43. The Morgan fingerprint density at radius 3 is 2.08 bits per heavy atom. The van der Waals surface area contributed by atoms with Crippen LogP contribution in [0.15, 0.2) is 159 Å². The highest BCUT2D eigenvalue weighted by molar-refractivity contribution is 5.73. The van der Waals surface area contributed by atoms with Crippen LogP contribution in [0, 0.1) is 0 Å². The lowest BCUT2D eigenvalue weighted by atomic mass is 10.1. The molecular formula is C46H36N13O3+. The maximum atomic E-state index is 10.4. The van der Waals surface area contributed by atoms with Gasteiger partial charge in [-0.1, -0.05) is 41.4 Å². The van der Waals surface area contributed by atoms with Gasteiger partial charge in [0.2, 0.25) is 30.0 Å². The summed E-state index contributed by atoms with van der Waals surface area (Å²) in [6.07, 6.45) is 8.23. The van der Waals surface area contributed by atoms with Gasteiger partial charge in [-0.15, -0.1) is 0 Å². The van der Waals surface area contributed by atoms with E-state index in [4.69, 9.17) is 29.4 Å². The van der Waals surface area contributed by atoms with E-state index >= 15 is 0 Å². The van der Waals surface area contributed by atoms with E-state index in [-0.39, 0.29) is 5.88 Å². The maximum absolute atomic E-state index is 10.4. The van der Waals surface area contributed by atoms with Gasteiger partial charge >= 0.3 is 5.95 Å². The number of hydrogen-bond acceptors (Lipinski definition) is 15. The Morgan fingerprint density at radius 2 is 1.24 bits per heavy atom. The molecular weight excluding hydrogens is 783 g/mol. The van der Waals surface area contributed by atoms with E-state index < -0.39 is 0 Å². The molecule has 6 aromatic heterocycles. The second-order valence-corrected chi connectivity index (χ2v) is 13.6. The van der Waals surface area contributed by atoms with Crippen molar-refractivity contribution in [1.29, 1.82) is 0 Å². The number of anilines is 6. The van der Waals surface area contributed by atoms with Crippen molar-refractivity contribution in [2.24, 2.45) is 0 Å². The quantitative estimate of drug-likeness (QED) is 0.0814. The second kappa shape index (κ2) is 17.5. The molecule has 0 aliphatic heterocycles. The molecule has 4 N–H and O–H groups in total. The van der Waals surface area contributed by atoms with Gasteiger partial charge in [0, 0.05) is 58.9 Å². The van der Waals surface area contributed by atoms with E-state index in [9.17, 15) is 5.11 Å². The summed E-state index contributed by atoms with van der Waals surface area (Å²) in [6.45, 7) is 0. The summed E-state index contributed by atoms with van der Waals surface area (Å²) < 4.78 is 12.5. The fourth-order valence-corrected chi connectivity index (χ4v) is 6.43. The Kier molecular flexibility index (Phi) is 10.9. The van der Waals surface area contributed by atoms with Crippen LogP contribution >= 0.6 is 0 Å². The number of methoxy groups -OCH3 is 2. The highest BCUT2D eigenvalue weighted by Crippen LogP contribution is 2.30. The monoisotopic (exact) mass is 818 g/mol. The van der Waals surface area contributed by atoms with Gasteiger partial charge in [0.15, 0.2) is 0 Å². The van der Waals surface area contributed by atoms with E-state index in [1.165, 1.54) is 6.20 Å².